The van der Waals surface area contributed by atoms with E-state index in [9.17, 15) is 4.79 Å². The van der Waals surface area contributed by atoms with E-state index < -0.39 is 0 Å². The van der Waals surface area contributed by atoms with Crippen LogP contribution in [0.5, 0.6) is 0 Å². The Labute approximate surface area is 178 Å². The number of piperazine rings is 1. The minimum absolute atomic E-state index is 0.0820. The monoisotopic (exact) mass is 402 g/mol. The fraction of sp³-hybridized carbons (Fsp3) is 0.520. The standard InChI is InChI=1S/C25H30N4O/c30-25(29-11-9-19-4-1-2-6-22(19)29)21-5-3-10-26-24(21)28-14-12-27(13-15-28)23-17-18-7-8-20(23)16-18/h1-6,10,18,20,23H,7-9,11-17H2. The second-order valence-electron chi connectivity index (χ2n) is 9.48. The van der Waals surface area contributed by atoms with Crippen molar-refractivity contribution >= 4 is 17.4 Å². The molecule has 0 radical (unpaired) electrons. The predicted octanol–water partition coefficient (Wildman–Crippen LogP) is 3.60. The number of hydrogen-bond donors (Lipinski definition) is 0. The van der Waals surface area contributed by atoms with Crippen molar-refractivity contribution < 1.29 is 4.79 Å². The summed E-state index contributed by atoms with van der Waals surface area (Å²) in [4.78, 5) is 25.1. The van der Waals surface area contributed by atoms with Crippen LogP contribution >= 0.6 is 0 Å². The minimum Gasteiger partial charge on any atom is -0.353 e. The number of anilines is 2. The highest BCUT2D eigenvalue weighted by molar-refractivity contribution is 6.10. The van der Waals surface area contributed by atoms with Gasteiger partial charge in [-0.15, -0.1) is 0 Å². The lowest BCUT2D eigenvalue weighted by molar-refractivity contribution is 0.0988. The quantitative estimate of drug-likeness (QED) is 0.787. The Bertz CT molecular complexity index is 952. The van der Waals surface area contributed by atoms with Gasteiger partial charge in [-0.1, -0.05) is 24.6 Å². The van der Waals surface area contributed by atoms with Crippen molar-refractivity contribution in [1.29, 1.82) is 0 Å². The number of rotatable bonds is 3. The molecule has 1 aromatic carbocycles. The maximum atomic E-state index is 13.5. The molecule has 2 aliphatic carbocycles. The third-order valence-electron chi connectivity index (χ3n) is 7.93. The highest BCUT2D eigenvalue weighted by atomic mass is 16.2. The number of pyridine rings is 1. The third-order valence-corrected chi connectivity index (χ3v) is 7.93. The van der Waals surface area contributed by atoms with E-state index in [0.717, 1.165) is 74.1 Å². The minimum atomic E-state index is 0.0820. The van der Waals surface area contributed by atoms with E-state index in [0.29, 0.717) is 0 Å². The third kappa shape index (κ3) is 3.02. The SMILES string of the molecule is O=C(c1cccnc1N1CCN(C2CC3CCC2C3)CC1)N1CCc2ccccc21. The number of fused-ring (bicyclic) bond motifs is 3. The Hall–Kier alpha value is -2.40. The van der Waals surface area contributed by atoms with Gasteiger partial charge in [0, 0.05) is 50.6 Å². The maximum Gasteiger partial charge on any atom is 0.262 e. The molecule has 1 amide bonds. The van der Waals surface area contributed by atoms with Crippen molar-refractivity contribution in [3.05, 3.63) is 53.7 Å². The molecule has 2 saturated carbocycles. The molecule has 3 unspecified atom stereocenters. The van der Waals surface area contributed by atoms with Gasteiger partial charge in [-0.3, -0.25) is 9.69 Å². The van der Waals surface area contributed by atoms with Crippen LogP contribution in [0.25, 0.3) is 0 Å². The van der Waals surface area contributed by atoms with Crippen LogP contribution in [0, 0.1) is 11.8 Å². The summed E-state index contributed by atoms with van der Waals surface area (Å²) in [5.74, 6) is 2.86. The van der Waals surface area contributed by atoms with Crippen molar-refractivity contribution in [2.75, 3.05) is 42.5 Å². The summed E-state index contributed by atoms with van der Waals surface area (Å²) >= 11 is 0. The van der Waals surface area contributed by atoms with E-state index in [-0.39, 0.29) is 5.91 Å². The number of hydrogen-bond acceptors (Lipinski definition) is 4. The van der Waals surface area contributed by atoms with Gasteiger partial charge in [-0.05, 0) is 61.3 Å². The average molecular weight is 403 g/mol. The van der Waals surface area contributed by atoms with Crippen molar-refractivity contribution in [2.45, 2.75) is 38.1 Å². The fourth-order valence-corrected chi connectivity index (χ4v) is 6.43. The first-order chi connectivity index (χ1) is 14.8. The molecule has 5 heteroatoms. The van der Waals surface area contributed by atoms with E-state index in [1.165, 1.54) is 31.2 Å². The molecule has 6 rings (SSSR count). The average Bonchev–Trinajstić information content (AvgIpc) is 3.54. The molecule has 0 N–H and O–H groups in total. The first kappa shape index (κ1) is 18.4. The molecule has 0 spiro atoms. The molecule has 2 bridgehead atoms. The Morgan fingerprint density at radius 3 is 2.60 bits per heavy atom. The van der Waals surface area contributed by atoms with E-state index in [1.807, 2.05) is 29.3 Å². The van der Waals surface area contributed by atoms with Crippen LogP contribution in [0.3, 0.4) is 0 Å². The van der Waals surface area contributed by atoms with Crippen LogP contribution in [0.4, 0.5) is 11.5 Å². The molecule has 3 fully saturated rings. The summed E-state index contributed by atoms with van der Waals surface area (Å²) in [7, 11) is 0. The Morgan fingerprint density at radius 1 is 0.933 bits per heavy atom. The lowest BCUT2D eigenvalue weighted by atomic mass is 9.93. The highest BCUT2D eigenvalue weighted by Crippen LogP contribution is 2.46. The normalized spacial score (nSPS) is 28.2. The molecule has 5 nitrogen and oxygen atoms in total. The number of benzene rings is 1. The summed E-state index contributed by atoms with van der Waals surface area (Å²) in [5.41, 5.74) is 3.05. The summed E-state index contributed by atoms with van der Waals surface area (Å²) in [6.45, 7) is 4.85. The molecular weight excluding hydrogens is 372 g/mol. The largest absolute Gasteiger partial charge is 0.353 e. The fourth-order valence-electron chi connectivity index (χ4n) is 6.43. The maximum absolute atomic E-state index is 13.5. The van der Waals surface area contributed by atoms with Gasteiger partial charge in [0.25, 0.3) is 5.91 Å². The van der Waals surface area contributed by atoms with Gasteiger partial charge in [0.2, 0.25) is 0 Å². The molecule has 1 saturated heterocycles. The van der Waals surface area contributed by atoms with E-state index in [2.05, 4.69) is 33.0 Å². The number of carbonyl (C=O) groups excluding carboxylic acids is 1. The topological polar surface area (TPSA) is 39.7 Å². The molecule has 4 aliphatic rings. The molecule has 1 aromatic heterocycles. The van der Waals surface area contributed by atoms with Crippen LogP contribution in [0.15, 0.2) is 42.6 Å². The first-order valence-corrected chi connectivity index (χ1v) is 11.6. The molecule has 3 heterocycles. The molecule has 2 aromatic rings. The van der Waals surface area contributed by atoms with Crippen LogP contribution in [-0.4, -0.2) is 54.6 Å². The van der Waals surface area contributed by atoms with Crippen LogP contribution in [0.2, 0.25) is 0 Å². The number of nitrogens with zero attached hydrogens (tertiary/aromatic N) is 4. The zero-order chi connectivity index (χ0) is 20.1. The number of para-hydroxylation sites is 1. The van der Waals surface area contributed by atoms with Crippen LogP contribution < -0.4 is 9.80 Å². The van der Waals surface area contributed by atoms with E-state index >= 15 is 0 Å². The lowest BCUT2D eigenvalue weighted by Crippen LogP contribution is -2.52. The van der Waals surface area contributed by atoms with Crippen molar-refractivity contribution in [1.82, 2.24) is 9.88 Å². The Morgan fingerprint density at radius 2 is 1.80 bits per heavy atom. The molecule has 2 aliphatic heterocycles. The van der Waals surface area contributed by atoms with Gasteiger partial charge in [-0.25, -0.2) is 4.98 Å². The van der Waals surface area contributed by atoms with Crippen molar-refractivity contribution in [2.24, 2.45) is 11.8 Å². The smallest absolute Gasteiger partial charge is 0.262 e. The number of aromatic nitrogens is 1. The number of amides is 1. The van der Waals surface area contributed by atoms with Crippen LogP contribution in [0.1, 0.15) is 41.6 Å². The first-order valence-electron chi connectivity index (χ1n) is 11.6. The Kier molecular flexibility index (Phi) is 4.52. The zero-order valence-electron chi connectivity index (χ0n) is 17.5. The molecule has 3 atom stereocenters. The van der Waals surface area contributed by atoms with Gasteiger partial charge < -0.3 is 9.80 Å². The summed E-state index contributed by atoms with van der Waals surface area (Å²) in [6.07, 6.45) is 8.52. The summed E-state index contributed by atoms with van der Waals surface area (Å²) in [6, 6.07) is 12.9. The predicted molar refractivity (Wildman–Crippen MR) is 119 cm³/mol. The van der Waals surface area contributed by atoms with Gasteiger partial charge >= 0.3 is 0 Å². The molecule has 156 valence electrons. The van der Waals surface area contributed by atoms with E-state index in [4.69, 9.17) is 0 Å². The zero-order valence-corrected chi connectivity index (χ0v) is 17.5. The lowest BCUT2D eigenvalue weighted by Gasteiger charge is -2.41. The molecule has 30 heavy (non-hydrogen) atoms. The van der Waals surface area contributed by atoms with Crippen LogP contribution in [-0.2, 0) is 6.42 Å². The van der Waals surface area contributed by atoms with Gasteiger partial charge in [0.1, 0.15) is 5.82 Å². The van der Waals surface area contributed by atoms with Crippen molar-refractivity contribution in [3.63, 3.8) is 0 Å². The van der Waals surface area contributed by atoms with E-state index in [1.54, 1.807) is 0 Å². The summed E-state index contributed by atoms with van der Waals surface area (Å²) in [5, 5.41) is 0. The second kappa shape index (κ2) is 7.38. The molecular formula is C25H30N4O. The number of carbonyl (C=O) groups is 1. The van der Waals surface area contributed by atoms with Crippen molar-refractivity contribution in [3.8, 4) is 0 Å². The van der Waals surface area contributed by atoms with Gasteiger partial charge in [0.15, 0.2) is 0 Å². The van der Waals surface area contributed by atoms with Gasteiger partial charge in [-0.2, -0.15) is 0 Å². The highest BCUT2D eigenvalue weighted by Gasteiger charge is 2.43. The summed E-state index contributed by atoms with van der Waals surface area (Å²) < 4.78 is 0. The Balaban J connectivity index is 1.19. The second-order valence-corrected chi connectivity index (χ2v) is 9.48. The van der Waals surface area contributed by atoms with Gasteiger partial charge in [0.05, 0.1) is 5.56 Å².